The highest BCUT2D eigenvalue weighted by Crippen LogP contribution is 2.53. The largest absolute Gasteiger partial charge is 0.395 e. The van der Waals surface area contributed by atoms with Gasteiger partial charge in [0, 0.05) is 6.54 Å². The lowest BCUT2D eigenvalue weighted by molar-refractivity contribution is -0.137. The van der Waals surface area contributed by atoms with E-state index in [1.54, 1.807) is 0 Å². The molecule has 12 heteroatoms. The smallest absolute Gasteiger partial charge is 0.334 e. The number of hydrogen-bond acceptors (Lipinski definition) is 10. The molecule has 0 aromatic heterocycles. The van der Waals surface area contributed by atoms with E-state index in [-0.39, 0.29) is 16.7 Å². The maximum absolute atomic E-state index is 13.3. The molecule has 0 spiro atoms. The average Bonchev–Trinajstić information content (AvgIpc) is 2.96. The molecular weight excluding hydrogens is 604 g/mol. The minimum Gasteiger partial charge on any atom is -0.395 e. The normalized spacial score (nSPS) is 16.6. The summed E-state index contributed by atoms with van der Waals surface area (Å²) in [6.45, 7) is 11.2. The Balaban J connectivity index is 0.000000860. The summed E-state index contributed by atoms with van der Waals surface area (Å²) in [6.07, 6.45) is 5.53. The van der Waals surface area contributed by atoms with Crippen molar-refractivity contribution in [2.45, 2.75) is 103 Å². The molecule has 250 valence electrons. The third-order valence-electron chi connectivity index (χ3n) is 8.63. The van der Waals surface area contributed by atoms with Crippen LogP contribution in [0.15, 0.2) is 36.4 Å². The predicted octanol–water partition coefficient (Wildman–Crippen LogP) is 4.41. The highest BCUT2D eigenvalue weighted by atomic mass is 31.2. The van der Waals surface area contributed by atoms with Crippen molar-refractivity contribution in [2.75, 3.05) is 19.8 Å². The van der Waals surface area contributed by atoms with Crippen molar-refractivity contribution in [3.63, 3.8) is 0 Å². The van der Waals surface area contributed by atoms with Gasteiger partial charge in [-0.05, 0) is 63.0 Å². The lowest BCUT2D eigenvalue weighted by Crippen LogP contribution is -2.56. The number of nitrogens with two attached hydrogens (primary N) is 1. The molecule has 1 atom stereocenters. The Kier molecular flexibility index (Phi) is 14.3. The maximum Gasteiger partial charge on any atom is 0.334 e. The number of rotatable bonds is 10. The van der Waals surface area contributed by atoms with Crippen LogP contribution in [0, 0.1) is 5.41 Å². The van der Waals surface area contributed by atoms with Crippen molar-refractivity contribution in [1.29, 1.82) is 0 Å². The first kappa shape index (κ1) is 39.1. The summed E-state index contributed by atoms with van der Waals surface area (Å²) in [5, 5.41) is 45.8. The van der Waals surface area contributed by atoms with Crippen molar-refractivity contribution < 1.29 is 44.3 Å². The van der Waals surface area contributed by atoms with Crippen LogP contribution in [0.5, 0.6) is 0 Å². The van der Waals surface area contributed by atoms with E-state index in [4.69, 9.17) is 25.3 Å². The summed E-state index contributed by atoms with van der Waals surface area (Å²) in [5.41, 5.74) is 7.01. The van der Waals surface area contributed by atoms with Gasteiger partial charge in [-0.3, -0.25) is 0 Å². The number of aliphatic hydroxyl groups excluding tert-OH is 3. The van der Waals surface area contributed by atoms with Gasteiger partial charge in [0.2, 0.25) is 0 Å². The van der Waals surface area contributed by atoms with Gasteiger partial charge in [-0.1, -0.05) is 97.2 Å². The fourth-order valence-corrected chi connectivity index (χ4v) is 6.76. The standard InChI is InChI=1S/C32H49NO4.H4O5P2/c1-29(2,3)26-16-22(18-33)17-27(30(4,5)6)28(26)32(37,31(19-34,20-35)21-36)25-15-11-10-14-24(25)23-12-8-7-9-13-23;1-6(2)5-7(3)4/h10-11,14-17,23,34-37H,7-9,12-13,18-21,33H2,1-6H3;1-4H. The van der Waals surface area contributed by atoms with Crippen LogP contribution in [0.2, 0.25) is 0 Å². The Morgan fingerprint density at radius 2 is 1.20 bits per heavy atom. The molecule has 44 heavy (non-hydrogen) atoms. The van der Waals surface area contributed by atoms with Crippen LogP contribution in [0.3, 0.4) is 0 Å². The predicted molar refractivity (Wildman–Crippen MR) is 174 cm³/mol. The van der Waals surface area contributed by atoms with Crippen LogP contribution in [0.4, 0.5) is 0 Å². The molecule has 1 unspecified atom stereocenters. The van der Waals surface area contributed by atoms with Crippen LogP contribution < -0.4 is 5.73 Å². The molecule has 0 aliphatic heterocycles. The Morgan fingerprint density at radius 3 is 1.57 bits per heavy atom. The summed E-state index contributed by atoms with van der Waals surface area (Å²) in [7, 11) is -5.22. The molecule has 1 saturated carbocycles. The van der Waals surface area contributed by atoms with Gasteiger partial charge in [-0.25, -0.2) is 4.31 Å². The van der Waals surface area contributed by atoms with E-state index in [0.717, 1.165) is 47.9 Å². The fourth-order valence-electron chi connectivity index (χ4n) is 6.23. The van der Waals surface area contributed by atoms with E-state index in [1.165, 1.54) is 6.42 Å². The SMILES string of the molecule is CC(C)(C)c1cc(CN)cc(C(C)(C)C)c1C(O)(c1ccccc1C1CCCCC1)C(CO)(CO)CO.OP(O)OP(O)O. The van der Waals surface area contributed by atoms with Crippen LogP contribution in [0.25, 0.3) is 0 Å². The van der Waals surface area contributed by atoms with Gasteiger partial charge in [0.25, 0.3) is 0 Å². The molecule has 0 saturated heterocycles. The van der Waals surface area contributed by atoms with Gasteiger partial charge in [-0.2, -0.15) is 0 Å². The zero-order chi connectivity index (χ0) is 33.5. The molecule has 2 aromatic rings. The van der Waals surface area contributed by atoms with Gasteiger partial charge in [0.15, 0.2) is 0 Å². The zero-order valence-electron chi connectivity index (χ0n) is 26.9. The summed E-state index contributed by atoms with van der Waals surface area (Å²) in [4.78, 5) is 31.3. The van der Waals surface area contributed by atoms with Crippen molar-refractivity contribution in [3.05, 3.63) is 69.8 Å². The van der Waals surface area contributed by atoms with Crippen LogP contribution in [0.1, 0.15) is 113 Å². The van der Waals surface area contributed by atoms with Crippen LogP contribution >= 0.6 is 17.2 Å². The fraction of sp³-hybridized carbons (Fsp3) is 0.625. The highest BCUT2D eigenvalue weighted by molar-refractivity contribution is 7.53. The summed E-state index contributed by atoms with van der Waals surface area (Å²) in [6, 6.07) is 12.0. The Bertz CT molecular complexity index is 1140. The molecular formula is C32H53NO9P2. The van der Waals surface area contributed by atoms with Crippen molar-refractivity contribution in [2.24, 2.45) is 11.1 Å². The molecule has 1 aliphatic rings. The lowest BCUT2D eigenvalue weighted by Gasteiger charge is -2.50. The minimum absolute atomic E-state index is 0.268. The van der Waals surface area contributed by atoms with Gasteiger partial charge < -0.3 is 45.7 Å². The second-order valence-electron chi connectivity index (χ2n) is 13.7. The summed E-state index contributed by atoms with van der Waals surface area (Å²) >= 11 is 0. The molecule has 1 fully saturated rings. The first-order chi connectivity index (χ1) is 20.4. The lowest BCUT2D eigenvalue weighted by atomic mass is 9.58. The Morgan fingerprint density at radius 1 is 0.750 bits per heavy atom. The van der Waals surface area contributed by atoms with Gasteiger partial charge in [-0.15, -0.1) is 0 Å². The monoisotopic (exact) mass is 657 g/mol. The van der Waals surface area contributed by atoms with Crippen molar-refractivity contribution in [3.8, 4) is 0 Å². The highest BCUT2D eigenvalue weighted by Gasteiger charge is 2.56. The molecule has 10 nitrogen and oxygen atoms in total. The minimum atomic E-state index is -2.61. The van der Waals surface area contributed by atoms with Crippen LogP contribution in [-0.4, -0.2) is 59.8 Å². The van der Waals surface area contributed by atoms with Gasteiger partial charge in [0.05, 0.1) is 25.2 Å². The summed E-state index contributed by atoms with van der Waals surface area (Å²) < 4.78 is 3.60. The second kappa shape index (κ2) is 16.1. The third kappa shape index (κ3) is 8.82. The number of aliphatic hydroxyl groups is 4. The molecule has 10 N–H and O–H groups in total. The maximum atomic E-state index is 13.3. The van der Waals surface area contributed by atoms with Crippen molar-refractivity contribution in [1.82, 2.24) is 0 Å². The molecule has 0 bridgehead atoms. The van der Waals surface area contributed by atoms with E-state index in [1.807, 2.05) is 18.2 Å². The average molecular weight is 658 g/mol. The number of hydrogen-bond donors (Lipinski definition) is 9. The van der Waals surface area contributed by atoms with Gasteiger partial charge >= 0.3 is 17.2 Å². The topological polar surface area (TPSA) is 197 Å². The van der Waals surface area contributed by atoms with E-state index in [9.17, 15) is 20.4 Å². The van der Waals surface area contributed by atoms with E-state index >= 15 is 0 Å². The first-order valence-corrected chi connectivity index (χ1v) is 17.3. The molecule has 0 radical (unpaired) electrons. The Hall–Kier alpha value is -1.10. The molecule has 0 amide bonds. The van der Waals surface area contributed by atoms with Gasteiger partial charge in [0.1, 0.15) is 5.60 Å². The van der Waals surface area contributed by atoms with Crippen molar-refractivity contribution >= 4 is 17.2 Å². The van der Waals surface area contributed by atoms with E-state index < -0.39 is 48.0 Å². The van der Waals surface area contributed by atoms with E-state index in [2.05, 4.69) is 64.1 Å². The second-order valence-corrected chi connectivity index (χ2v) is 15.4. The molecule has 0 heterocycles. The first-order valence-electron chi connectivity index (χ1n) is 15.0. The quantitative estimate of drug-likeness (QED) is 0.165. The third-order valence-corrected chi connectivity index (χ3v) is 9.80. The molecule has 1 aliphatic carbocycles. The number of benzene rings is 2. The molecule has 2 aromatic carbocycles. The summed E-state index contributed by atoms with van der Waals surface area (Å²) in [5.74, 6) is 0.268. The Labute approximate surface area is 264 Å². The zero-order valence-corrected chi connectivity index (χ0v) is 28.7. The van der Waals surface area contributed by atoms with E-state index in [0.29, 0.717) is 17.7 Å². The molecule has 3 rings (SSSR count). The van der Waals surface area contributed by atoms with Crippen LogP contribution in [-0.2, 0) is 27.3 Å².